The van der Waals surface area contributed by atoms with Crippen LogP contribution in [0.15, 0.2) is 12.3 Å². The summed E-state index contributed by atoms with van der Waals surface area (Å²) in [4.78, 5) is 10.4. The van der Waals surface area contributed by atoms with Gasteiger partial charge in [-0.2, -0.15) is 15.0 Å². The summed E-state index contributed by atoms with van der Waals surface area (Å²) in [6.45, 7) is 0. The van der Waals surface area contributed by atoms with Gasteiger partial charge in [-0.25, -0.2) is 0 Å². The van der Waals surface area contributed by atoms with Crippen LogP contribution in [0.1, 0.15) is 10.5 Å². The third-order valence-corrected chi connectivity index (χ3v) is 0.944. The van der Waals surface area contributed by atoms with Crippen molar-refractivity contribution in [3.05, 3.63) is 18.0 Å². The van der Waals surface area contributed by atoms with Crippen LogP contribution in [0.3, 0.4) is 0 Å². The van der Waals surface area contributed by atoms with Crippen LogP contribution in [0.5, 0.6) is 0 Å². The molecular weight excluding hydrogens is 132 g/mol. The SMILES string of the molecule is N#Cn1ccc(C(N)=O)n1. The third-order valence-electron chi connectivity index (χ3n) is 0.944. The fourth-order valence-electron chi connectivity index (χ4n) is 0.511. The van der Waals surface area contributed by atoms with Gasteiger partial charge in [0, 0.05) is 6.20 Å². The van der Waals surface area contributed by atoms with Crippen molar-refractivity contribution >= 4 is 5.91 Å². The van der Waals surface area contributed by atoms with Gasteiger partial charge in [-0.15, -0.1) is 0 Å². The second kappa shape index (κ2) is 2.19. The fraction of sp³-hybridized carbons (Fsp3) is 0. The van der Waals surface area contributed by atoms with E-state index in [0.717, 1.165) is 4.68 Å². The van der Waals surface area contributed by atoms with E-state index in [9.17, 15) is 4.79 Å². The molecule has 1 aromatic heterocycles. The number of carbonyl (C=O) groups is 1. The highest BCUT2D eigenvalue weighted by atomic mass is 16.1. The van der Waals surface area contributed by atoms with Crippen LogP contribution >= 0.6 is 0 Å². The number of nitrogens with zero attached hydrogens (tertiary/aromatic N) is 3. The van der Waals surface area contributed by atoms with Gasteiger partial charge in [0.1, 0.15) is 0 Å². The zero-order valence-electron chi connectivity index (χ0n) is 4.98. The predicted molar refractivity (Wildman–Crippen MR) is 31.8 cm³/mol. The van der Waals surface area contributed by atoms with E-state index in [0.29, 0.717) is 0 Å². The van der Waals surface area contributed by atoms with Crippen LogP contribution in [-0.4, -0.2) is 15.7 Å². The summed E-state index contributed by atoms with van der Waals surface area (Å²) >= 11 is 0. The number of hydrogen-bond acceptors (Lipinski definition) is 3. The van der Waals surface area contributed by atoms with Crippen molar-refractivity contribution < 1.29 is 4.79 Å². The summed E-state index contributed by atoms with van der Waals surface area (Å²) < 4.78 is 0.958. The molecule has 0 saturated carbocycles. The molecule has 0 spiro atoms. The maximum atomic E-state index is 10.4. The van der Waals surface area contributed by atoms with Gasteiger partial charge in [-0.05, 0) is 6.07 Å². The number of primary amides is 1. The first-order chi connectivity index (χ1) is 4.74. The van der Waals surface area contributed by atoms with Crippen LogP contribution in [-0.2, 0) is 0 Å². The second-order valence-electron chi connectivity index (χ2n) is 1.61. The third kappa shape index (κ3) is 0.951. The first kappa shape index (κ1) is 6.29. The van der Waals surface area contributed by atoms with E-state index in [2.05, 4.69) is 5.10 Å². The molecule has 1 amide bonds. The quantitative estimate of drug-likeness (QED) is 0.554. The van der Waals surface area contributed by atoms with E-state index in [-0.39, 0.29) is 5.69 Å². The van der Waals surface area contributed by atoms with Gasteiger partial charge in [0.25, 0.3) is 5.91 Å². The molecule has 0 radical (unpaired) electrons. The molecule has 0 unspecified atom stereocenters. The number of rotatable bonds is 1. The maximum absolute atomic E-state index is 10.4. The van der Waals surface area contributed by atoms with Crippen LogP contribution < -0.4 is 5.73 Å². The number of aromatic nitrogens is 2. The van der Waals surface area contributed by atoms with Crippen molar-refractivity contribution in [2.45, 2.75) is 0 Å². The molecular formula is C5H4N4O. The van der Waals surface area contributed by atoms with E-state index in [1.54, 1.807) is 6.19 Å². The summed E-state index contributed by atoms with van der Waals surface area (Å²) in [5.74, 6) is -0.631. The molecule has 2 N–H and O–H groups in total. The number of amides is 1. The zero-order chi connectivity index (χ0) is 7.56. The largest absolute Gasteiger partial charge is 0.364 e. The molecule has 0 atom stereocenters. The Hall–Kier alpha value is -1.83. The molecule has 0 saturated heterocycles. The van der Waals surface area contributed by atoms with Crippen LogP contribution in [0.4, 0.5) is 0 Å². The van der Waals surface area contributed by atoms with Crippen molar-refractivity contribution in [1.29, 1.82) is 5.26 Å². The zero-order valence-corrected chi connectivity index (χ0v) is 4.98. The van der Waals surface area contributed by atoms with E-state index < -0.39 is 5.91 Å². The Morgan fingerprint density at radius 1 is 1.90 bits per heavy atom. The van der Waals surface area contributed by atoms with E-state index in [1.165, 1.54) is 12.3 Å². The topological polar surface area (TPSA) is 84.7 Å². The Morgan fingerprint density at radius 3 is 2.90 bits per heavy atom. The average molecular weight is 136 g/mol. The number of nitriles is 1. The molecule has 0 aliphatic rings. The molecule has 0 aliphatic heterocycles. The summed E-state index contributed by atoms with van der Waals surface area (Å²) in [5, 5.41) is 11.7. The molecule has 0 aromatic carbocycles. The van der Waals surface area contributed by atoms with Gasteiger partial charge in [0.2, 0.25) is 6.19 Å². The highest BCUT2D eigenvalue weighted by Crippen LogP contribution is 1.90. The molecule has 1 aromatic rings. The lowest BCUT2D eigenvalue weighted by atomic mass is 10.4. The molecule has 0 fully saturated rings. The predicted octanol–water partition coefficient (Wildman–Crippen LogP) is -0.689. The van der Waals surface area contributed by atoms with Crippen LogP contribution in [0.2, 0.25) is 0 Å². The molecule has 1 heterocycles. The minimum Gasteiger partial charge on any atom is -0.364 e. The Labute approximate surface area is 56.7 Å². The summed E-state index contributed by atoms with van der Waals surface area (Å²) in [6.07, 6.45) is 3.06. The van der Waals surface area contributed by atoms with Crippen molar-refractivity contribution in [2.75, 3.05) is 0 Å². The molecule has 50 valence electrons. The molecule has 5 nitrogen and oxygen atoms in total. The van der Waals surface area contributed by atoms with Crippen LogP contribution in [0, 0.1) is 11.5 Å². The Morgan fingerprint density at radius 2 is 2.60 bits per heavy atom. The average Bonchev–Trinajstić information content (AvgIpc) is 2.34. The Bertz CT molecular complexity index is 295. The number of hydrogen-bond donors (Lipinski definition) is 1. The molecule has 10 heavy (non-hydrogen) atoms. The fourth-order valence-corrected chi connectivity index (χ4v) is 0.511. The highest BCUT2D eigenvalue weighted by molar-refractivity contribution is 5.90. The van der Waals surface area contributed by atoms with Crippen molar-refractivity contribution in [3.8, 4) is 6.19 Å². The van der Waals surface area contributed by atoms with Crippen molar-refractivity contribution in [3.63, 3.8) is 0 Å². The van der Waals surface area contributed by atoms with Crippen molar-refractivity contribution in [1.82, 2.24) is 9.78 Å². The van der Waals surface area contributed by atoms with Gasteiger partial charge in [0.05, 0.1) is 0 Å². The summed E-state index contributed by atoms with van der Waals surface area (Å²) in [7, 11) is 0. The normalized spacial score (nSPS) is 8.70. The number of carbonyl (C=O) groups excluding carboxylic acids is 1. The minimum atomic E-state index is -0.631. The standard InChI is InChI=1S/C5H4N4O/c6-3-9-2-1-4(8-9)5(7)10/h1-2H,(H2,7,10). The Balaban J connectivity index is 3.02. The maximum Gasteiger partial charge on any atom is 0.269 e. The van der Waals surface area contributed by atoms with Gasteiger partial charge < -0.3 is 5.73 Å². The lowest BCUT2D eigenvalue weighted by Gasteiger charge is -1.81. The highest BCUT2D eigenvalue weighted by Gasteiger charge is 2.02. The van der Waals surface area contributed by atoms with E-state index >= 15 is 0 Å². The molecule has 0 bridgehead atoms. The van der Waals surface area contributed by atoms with Gasteiger partial charge in [-0.3, -0.25) is 4.79 Å². The lowest BCUT2D eigenvalue weighted by molar-refractivity contribution is 0.0995. The number of nitrogens with two attached hydrogens (primary N) is 1. The van der Waals surface area contributed by atoms with Gasteiger partial charge in [-0.1, -0.05) is 0 Å². The Kier molecular flexibility index (Phi) is 1.38. The molecule has 0 aliphatic carbocycles. The van der Waals surface area contributed by atoms with E-state index in [4.69, 9.17) is 11.0 Å². The van der Waals surface area contributed by atoms with Crippen LogP contribution in [0.25, 0.3) is 0 Å². The minimum absolute atomic E-state index is 0.0987. The van der Waals surface area contributed by atoms with E-state index in [1.807, 2.05) is 0 Å². The first-order valence-electron chi connectivity index (χ1n) is 2.49. The summed E-state index contributed by atoms with van der Waals surface area (Å²) in [6, 6.07) is 1.38. The van der Waals surface area contributed by atoms with Gasteiger partial charge >= 0.3 is 0 Å². The summed E-state index contributed by atoms with van der Waals surface area (Å²) in [5.41, 5.74) is 4.96. The smallest absolute Gasteiger partial charge is 0.269 e. The van der Waals surface area contributed by atoms with Gasteiger partial charge in [0.15, 0.2) is 5.69 Å². The monoisotopic (exact) mass is 136 g/mol. The lowest BCUT2D eigenvalue weighted by Crippen LogP contribution is -2.11. The first-order valence-corrected chi connectivity index (χ1v) is 2.49. The second-order valence-corrected chi connectivity index (χ2v) is 1.61. The molecule has 1 rings (SSSR count). The van der Waals surface area contributed by atoms with Crippen molar-refractivity contribution in [2.24, 2.45) is 5.73 Å². The molecule has 5 heteroatoms.